The summed E-state index contributed by atoms with van der Waals surface area (Å²) in [5, 5.41) is 21.4. The van der Waals surface area contributed by atoms with Gasteiger partial charge < -0.3 is 19.9 Å². The average molecular weight is 284 g/mol. The fraction of sp³-hybridized carbons (Fsp3) is 0.188. The molecule has 0 amide bonds. The number of hydrogen-bond donors (Lipinski definition) is 2. The molecule has 0 atom stereocenters. The molecule has 2 N–H and O–H groups in total. The number of methoxy groups -OCH3 is 1. The van der Waals surface area contributed by atoms with Crippen molar-refractivity contribution >= 4 is 5.69 Å². The van der Waals surface area contributed by atoms with Crippen LogP contribution >= 0.6 is 0 Å². The Morgan fingerprint density at radius 2 is 1.95 bits per heavy atom. The highest BCUT2D eigenvalue weighted by molar-refractivity contribution is 5.48. The first-order chi connectivity index (χ1) is 10.2. The molecular formula is C16H16N2O3. The zero-order valence-corrected chi connectivity index (χ0v) is 11.7. The van der Waals surface area contributed by atoms with Crippen molar-refractivity contribution in [2.45, 2.75) is 6.54 Å². The van der Waals surface area contributed by atoms with Crippen LogP contribution in [-0.4, -0.2) is 18.8 Å². The maximum atomic E-state index is 9.71. The highest BCUT2D eigenvalue weighted by Gasteiger charge is 2.02. The van der Waals surface area contributed by atoms with Crippen molar-refractivity contribution in [3.8, 4) is 23.3 Å². The second-order valence-electron chi connectivity index (χ2n) is 4.33. The van der Waals surface area contributed by atoms with Gasteiger partial charge in [-0.25, -0.2) is 0 Å². The number of nitriles is 1. The summed E-state index contributed by atoms with van der Waals surface area (Å²) in [6, 6.07) is 14.5. The second-order valence-corrected chi connectivity index (χ2v) is 4.33. The van der Waals surface area contributed by atoms with Crippen LogP contribution in [0, 0.1) is 11.3 Å². The molecule has 108 valence electrons. The van der Waals surface area contributed by atoms with Crippen LogP contribution in [0.3, 0.4) is 0 Å². The lowest BCUT2D eigenvalue weighted by Gasteiger charge is -2.09. The van der Waals surface area contributed by atoms with E-state index in [2.05, 4.69) is 5.32 Å². The van der Waals surface area contributed by atoms with Gasteiger partial charge in [-0.2, -0.15) is 5.26 Å². The number of phenolic OH excluding ortho intramolecular Hbond substituents is 1. The minimum Gasteiger partial charge on any atom is -0.504 e. The molecule has 0 bridgehead atoms. The van der Waals surface area contributed by atoms with Gasteiger partial charge in [0.05, 0.1) is 7.11 Å². The van der Waals surface area contributed by atoms with E-state index in [9.17, 15) is 5.11 Å². The van der Waals surface area contributed by atoms with Crippen molar-refractivity contribution in [3.63, 3.8) is 0 Å². The molecular weight excluding hydrogens is 268 g/mol. The van der Waals surface area contributed by atoms with Gasteiger partial charge in [0.2, 0.25) is 0 Å². The largest absolute Gasteiger partial charge is 0.504 e. The zero-order chi connectivity index (χ0) is 15.1. The third-order valence-corrected chi connectivity index (χ3v) is 2.90. The number of ether oxygens (including phenoxy) is 2. The van der Waals surface area contributed by atoms with Crippen molar-refractivity contribution in [2.24, 2.45) is 0 Å². The fourth-order valence-corrected chi connectivity index (χ4v) is 1.83. The van der Waals surface area contributed by atoms with Crippen molar-refractivity contribution in [1.82, 2.24) is 0 Å². The van der Waals surface area contributed by atoms with Crippen molar-refractivity contribution in [3.05, 3.63) is 48.0 Å². The average Bonchev–Trinajstić information content (AvgIpc) is 2.52. The normalized spacial score (nSPS) is 9.71. The summed E-state index contributed by atoms with van der Waals surface area (Å²) in [5.74, 6) is 1.24. The Kier molecular flexibility index (Phi) is 4.89. The number of benzene rings is 2. The zero-order valence-electron chi connectivity index (χ0n) is 11.7. The number of anilines is 1. The minimum absolute atomic E-state index is 0.0396. The number of rotatable bonds is 6. The van der Waals surface area contributed by atoms with Gasteiger partial charge in [0.1, 0.15) is 11.8 Å². The Morgan fingerprint density at radius 3 is 2.57 bits per heavy atom. The summed E-state index contributed by atoms with van der Waals surface area (Å²) in [6.45, 7) is 0.619. The van der Waals surface area contributed by atoms with Gasteiger partial charge in [0.15, 0.2) is 18.1 Å². The molecule has 0 aliphatic heterocycles. The highest BCUT2D eigenvalue weighted by atomic mass is 16.5. The van der Waals surface area contributed by atoms with Crippen LogP contribution < -0.4 is 14.8 Å². The molecule has 0 aromatic heterocycles. The monoisotopic (exact) mass is 284 g/mol. The molecule has 0 spiro atoms. The lowest BCUT2D eigenvalue weighted by atomic mass is 10.2. The molecule has 0 saturated carbocycles. The Labute approximate surface area is 123 Å². The molecule has 0 radical (unpaired) electrons. The summed E-state index contributed by atoms with van der Waals surface area (Å²) in [6.07, 6.45) is 0. The lowest BCUT2D eigenvalue weighted by Crippen LogP contribution is -2.00. The van der Waals surface area contributed by atoms with Crippen LogP contribution in [0.5, 0.6) is 17.2 Å². The van der Waals surface area contributed by atoms with Crippen LogP contribution in [-0.2, 0) is 6.54 Å². The highest BCUT2D eigenvalue weighted by Crippen LogP contribution is 2.26. The van der Waals surface area contributed by atoms with Crippen LogP contribution in [0.25, 0.3) is 0 Å². The number of nitrogens with one attached hydrogen (secondary N) is 1. The molecule has 0 aliphatic carbocycles. The number of hydrogen-bond acceptors (Lipinski definition) is 5. The molecule has 2 aromatic rings. The molecule has 0 heterocycles. The Morgan fingerprint density at radius 1 is 1.19 bits per heavy atom. The molecule has 2 aromatic carbocycles. The number of phenols is 1. The number of aromatic hydroxyl groups is 1. The third kappa shape index (κ3) is 4.05. The van der Waals surface area contributed by atoms with Gasteiger partial charge in [0, 0.05) is 12.2 Å². The summed E-state index contributed by atoms with van der Waals surface area (Å²) < 4.78 is 10.2. The molecule has 0 fully saturated rings. The second kappa shape index (κ2) is 7.06. The maximum Gasteiger partial charge on any atom is 0.174 e. The van der Waals surface area contributed by atoms with E-state index in [0.717, 1.165) is 11.3 Å². The molecule has 0 saturated heterocycles. The van der Waals surface area contributed by atoms with Crippen molar-refractivity contribution in [2.75, 3.05) is 19.0 Å². The molecule has 2 rings (SSSR count). The molecule has 5 heteroatoms. The topological polar surface area (TPSA) is 74.5 Å². The van der Waals surface area contributed by atoms with Crippen molar-refractivity contribution < 1.29 is 14.6 Å². The number of nitrogens with zero attached hydrogens (tertiary/aromatic N) is 1. The Bertz CT molecular complexity index is 633. The van der Waals surface area contributed by atoms with E-state index < -0.39 is 0 Å². The van der Waals surface area contributed by atoms with Crippen LogP contribution in [0.15, 0.2) is 42.5 Å². The van der Waals surface area contributed by atoms with E-state index in [0.29, 0.717) is 18.0 Å². The third-order valence-electron chi connectivity index (χ3n) is 2.90. The predicted octanol–water partition coefficient (Wildman–Crippen LogP) is 2.92. The van der Waals surface area contributed by atoms with Gasteiger partial charge >= 0.3 is 0 Å². The van der Waals surface area contributed by atoms with Gasteiger partial charge in [-0.3, -0.25) is 0 Å². The summed E-state index contributed by atoms with van der Waals surface area (Å²) >= 11 is 0. The van der Waals surface area contributed by atoms with Gasteiger partial charge in [-0.05, 0) is 42.0 Å². The van der Waals surface area contributed by atoms with Crippen LogP contribution in [0.2, 0.25) is 0 Å². The molecule has 0 unspecified atom stereocenters. The van der Waals surface area contributed by atoms with E-state index in [1.807, 2.05) is 24.3 Å². The summed E-state index contributed by atoms with van der Waals surface area (Å²) in [7, 11) is 1.52. The fourth-order valence-electron chi connectivity index (χ4n) is 1.83. The van der Waals surface area contributed by atoms with Gasteiger partial charge in [0.25, 0.3) is 0 Å². The van der Waals surface area contributed by atoms with Crippen LogP contribution in [0.4, 0.5) is 5.69 Å². The van der Waals surface area contributed by atoms with Crippen LogP contribution in [0.1, 0.15) is 5.56 Å². The van der Waals surface area contributed by atoms with Gasteiger partial charge in [-0.15, -0.1) is 0 Å². The van der Waals surface area contributed by atoms with E-state index in [1.54, 1.807) is 24.3 Å². The molecule has 0 aliphatic rings. The predicted molar refractivity (Wildman–Crippen MR) is 79.5 cm³/mol. The summed E-state index contributed by atoms with van der Waals surface area (Å²) in [5.41, 5.74) is 1.87. The molecule has 21 heavy (non-hydrogen) atoms. The minimum atomic E-state index is 0.0396. The van der Waals surface area contributed by atoms with E-state index in [1.165, 1.54) is 7.11 Å². The van der Waals surface area contributed by atoms with Crippen molar-refractivity contribution in [1.29, 1.82) is 5.26 Å². The van der Waals surface area contributed by atoms with E-state index in [-0.39, 0.29) is 12.4 Å². The molecule has 5 nitrogen and oxygen atoms in total. The first-order valence-electron chi connectivity index (χ1n) is 6.42. The quantitative estimate of drug-likeness (QED) is 0.853. The Hall–Kier alpha value is -2.87. The first kappa shape index (κ1) is 14.5. The first-order valence-corrected chi connectivity index (χ1v) is 6.42. The lowest BCUT2D eigenvalue weighted by molar-refractivity contribution is 0.368. The van der Waals surface area contributed by atoms with E-state index in [4.69, 9.17) is 14.7 Å². The standard InChI is InChI=1S/C16H16N2O3/c1-20-16-7-2-12(10-15(16)19)11-18-13-3-5-14(6-4-13)21-9-8-17/h2-7,10,18-19H,9,11H2,1H3. The SMILES string of the molecule is COc1ccc(CNc2ccc(OCC#N)cc2)cc1O. The van der Waals surface area contributed by atoms with Gasteiger partial charge in [-0.1, -0.05) is 6.07 Å². The smallest absolute Gasteiger partial charge is 0.174 e. The van der Waals surface area contributed by atoms with E-state index >= 15 is 0 Å². The Balaban J connectivity index is 1.93. The maximum absolute atomic E-state index is 9.71. The summed E-state index contributed by atoms with van der Waals surface area (Å²) in [4.78, 5) is 0.